The highest BCUT2D eigenvalue weighted by Gasteiger charge is 2.20. The number of hydrogen-bond acceptors (Lipinski definition) is 9. The number of nitro groups is 1. The topological polar surface area (TPSA) is 128 Å². The Morgan fingerprint density at radius 1 is 1.20 bits per heavy atom. The van der Waals surface area contributed by atoms with Crippen molar-refractivity contribution < 1.29 is 9.34 Å². The number of nitrogens with zero attached hydrogens (tertiary/aromatic N) is 4. The minimum absolute atomic E-state index is 0.00489. The third-order valence-corrected chi connectivity index (χ3v) is 6.97. The summed E-state index contributed by atoms with van der Waals surface area (Å²) in [4.78, 5) is 32.4. The molecule has 0 amide bonds. The van der Waals surface area contributed by atoms with E-state index in [9.17, 15) is 14.9 Å². The number of aryl methyl sites for hydroxylation is 2. The second-order valence-electron chi connectivity index (χ2n) is 6.86. The van der Waals surface area contributed by atoms with Gasteiger partial charge in [-0.3, -0.25) is 14.9 Å². The molecule has 0 saturated carbocycles. The number of nitrogens with one attached hydrogen (secondary N) is 1. The molecule has 1 aliphatic rings. The van der Waals surface area contributed by atoms with Crippen LogP contribution in [0.25, 0.3) is 21.7 Å². The van der Waals surface area contributed by atoms with E-state index < -0.39 is 4.92 Å². The van der Waals surface area contributed by atoms with Gasteiger partial charge in [0.25, 0.3) is 11.2 Å². The number of thiophene rings is 1. The maximum Gasteiger partial charge on any atom is 0.269 e. The van der Waals surface area contributed by atoms with Gasteiger partial charge in [0.2, 0.25) is 11.8 Å². The number of hydrogen-bond donors (Lipinski definition) is 1. The van der Waals surface area contributed by atoms with Crippen LogP contribution < -0.4 is 5.56 Å². The lowest BCUT2D eigenvalue weighted by atomic mass is 9.97. The van der Waals surface area contributed by atoms with Crippen LogP contribution in [0.2, 0.25) is 0 Å². The maximum absolute atomic E-state index is 12.6. The molecule has 0 saturated heterocycles. The number of thioether (sulfide) groups is 1. The molecule has 9 nitrogen and oxygen atoms in total. The van der Waals surface area contributed by atoms with Crippen LogP contribution in [0.15, 0.2) is 38.6 Å². The molecule has 0 unspecified atom stereocenters. The predicted molar refractivity (Wildman–Crippen MR) is 113 cm³/mol. The van der Waals surface area contributed by atoms with Crippen molar-refractivity contribution in [2.24, 2.45) is 0 Å². The van der Waals surface area contributed by atoms with Crippen molar-refractivity contribution in [2.45, 2.75) is 36.6 Å². The second kappa shape index (κ2) is 7.65. The van der Waals surface area contributed by atoms with Gasteiger partial charge in [0, 0.05) is 22.6 Å². The summed E-state index contributed by atoms with van der Waals surface area (Å²) >= 11 is 2.93. The molecule has 4 aromatic rings. The Morgan fingerprint density at radius 3 is 2.80 bits per heavy atom. The Hall–Kier alpha value is -3.05. The average molecular weight is 441 g/mol. The van der Waals surface area contributed by atoms with E-state index >= 15 is 0 Å². The van der Waals surface area contributed by atoms with Crippen LogP contribution in [0.5, 0.6) is 0 Å². The molecular weight excluding hydrogens is 426 g/mol. The van der Waals surface area contributed by atoms with Crippen LogP contribution in [0.3, 0.4) is 0 Å². The van der Waals surface area contributed by atoms with Crippen molar-refractivity contribution >= 4 is 39.0 Å². The summed E-state index contributed by atoms with van der Waals surface area (Å²) in [5, 5.41) is 20.0. The minimum Gasteiger partial charge on any atom is -0.420 e. The first-order valence-corrected chi connectivity index (χ1v) is 11.1. The molecule has 0 radical (unpaired) electrons. The minimum atomic E-state index is -0.464. The fraction of sp³-hybridized carbons (Fsp3) is 0.263. The summed E-state index contributed by atoms with van der Waals surface area (Å²) < 4.78 is 5.65. The summed E-state index contributed by atoms with van der Waals surface area (Å²) in [7, 11) is 0. The highest BCUT2D eigenvalue weighted by atomic mass is 32.2. The molecule has 0 bridgehead atoms. The summed E-state index contributed by atoms with van der Waals surface area (Å²) in [5.41, 5.74) is 1.66. The van der Waals surface area contributed by atoms with Gasteiger partial charge in [-0.1, -0.05) is 11.8 Å². The smallest absolute Gasteiger partial charge is 0.269 e. The number of aromatic amines is 1. The van der Waals surface area contributed by atoms with Crippen LogP contribution in [-0.4, -0.2) is 25.1 Å². The largest absolute Gasteiger partial charge is 0.420 e. The van der Waals surface area contributed by atoms with Crippen LogP contribution in [0.1, 0.15) is 29.2 Å². The molecule has 0 fully saturated rings. The lowest BCUT2D eigenvalue weighted by Crippen LogP contribution is -2.10. The monoisotopic (exact) mass is 441 g/mol. The molecule has 152 valence electrons. The average Bonchev–Trinajstić information content (AvgIpc) is 3.37. The van der Waals surface area contributed by atoms with Gasteiger partial charge in [0.15, 0.2) is 5.16 Å². The summed E-state index contributed by atoms with van der Waals surface area (Å²) in [6.45, 7) is 0. The van der Waals surface area contributed by atoms with Gasteiger partial charge in [0.05, 0.1) is 16.1 Å². The van der Waals surface area contributed by atoms with Crippen LogP contribution in [-0.2, 0) is 18.6 Å². The SMILES string of the molecule is O=c1[nH]c(SCc2nnc(-c3ccc([N+](=O)[O-])cc3)o2)nc2sc3c(c12)CCCC3. The van der Waals surface area contributed by atoms with E-state index in [0.717, 1.165) is 41.5 Å². The lowest BCUT2D eigenvalue weighted by Gasteiger charge is -2.09. The normalized spacial score (nSPS) is 13.5. The van der Waals surface area contributed by atoms with E-state index in [2.05, 4.69) is 20.2 Å². The molecule has 5 rings (SSSR count). The number of aromatic nitrogens is 4. The molecule has 3 heterocycles. The molecule has 3 aromatic heterocycles. The van der Waals surface area contributed by atoms with Crippen molar-refractivity contribution in [2.75, 3.05) is 0 Å². The van der Waals surface area contributed by atoms with E-state index in [0.29, 0.717) is 22.4 Å². The number of benzene rings is 1. The molecule has 0 atom stereocenters. The number of nitro benzene ring substituents is 1. The first-order valence-electron chi connectivity index (χ1n) is 9.33. The number of rotatable bonds is 5. The molecule has 0 aliphatic heterocycles. The number of fused-ring (bicyclic) bond motifs is 3. The zero-order valence-corrected chi connectivity index (χ0v) is 17.2. The number of H-pyrrole nitrogens is 1. The van der Waals surface area contributed by atoms with Gasteiger partial charge in [-0.15, -0.1) is 21.5 Å². The standard InChI is InChI=1S/C19H15N5O4S2/c25-16-15-12-3-1-2-4-13(12)30-18(15)21-19(20-16)29-9-14-22-23-17(28-14)10-5-7-11(8-6-10)24(26)27/h5-8H,1-4,9H2,(H,20,21,25). The van der Waals surface area contributed by atoms with Crippen molar-refractivity contribution in [1.29, 1.82) is 0 Å². The van der Waals surface area contributed by atoms with Gasteiger partial charge in [-0.25, -0.2) is 4.98 Å². The van der Waals surface area contributed by atoms with E-state index in [-0.39, 0.29) is 17.1 Å². The van der Waals surface area contributed by atoms with Crippen LogP contribution >= 0.6 is 23.1 Å². The molecule has 11 heteroatoms. The van der Waals surface area contributed by atoms with Crippen LogP contribution in [0.4, 0.5) is 5.69 Å². The summed E-state index contributed by atoms with van der Waals surface area (Å²) in [6, 6.07) is 5.90. The molecule has 1 N–H and O–H groups in total. The van der Waals surface area contributed by atoms with Crippen LogP contribution in [0, 0.1) is 10.1 Å². The highest BCUT2D eigenvalue weighted by Crippen LogP contribution is 2.34. The molecule has 0 spiro atoms. The fourth-order valence-corrected chi connectivity index (χ4v) is 5.51. The Morgan fingerprint density at radius 2 is 2.00 bits per heavy atom. The van der Waals surface area contributed by atoms with Gasteiger partial charge < -0.3 is 9.40 Å². The highest BCUT2D eigenvalue weighted by molar-refractivity contribution is 7.98. The Labute approximate surface area is 177 Å². The van der Waals surface area contributed by atoms with Crippen molar-refractivity contribution in [3.05, 3.63) is 61.1 Å². The molecule has 1 aromatic carbocycles. The fourth-order valence-electron chi connectivity index (χ4n) is 3.50. The van der Waals surface area contributed by atoms with Gasteiger partial charge in [0.1, 0.15) is 4.83 Å². The van der Waals surface area contributed by atoms with Gasteiger partial charge in [-0.05, 0) is 43.4 Å². The first kappa shape index (κ1) is 18.9. The summed E-state index contributed by atoms with van der Waals surface area (Å²) in [6.07, 6.45) is 4.24. The zero-order valence-electron chi connectivity index (χ0n) is 15.6. The Balaban J connectivity index is 1.33. The van der Waals surface area contributed by atoms with Gasteiger partial charge >= 0.3 is 0 Å². The van der Waals surface area contributed by atoms with Gasteiger partial charge in [-0.2, -0.15) is 0 Å². The zero-order chi connectivity index (χ0) is 20.7. The van der Waals surface area contributed by atoms with E-state index in [1.54, 1.807) is 23.5 Å². The molecule has 30 heavy (non-hydrogen) atoms. The maximum atomic E-state index is 12.6. The Kier molecular flexibility index (Phi) is 4.83. The quantitative estimate of drug-likeness (QED) is 0.212. The molecular formula is C19H15N5O4S2. The summed E-state index contributed by atoms with van der Waals surface area (Å²) in [5.74, 6) is 1.00. The second-order valence-corrected chi connectivity index (χ2v) is 8.90. The number of non-ortho nitro benzene ring substituents is 1. The van der Waals surface area contributed by atoms with E-state index in [4.69, 9.17) is 4.42 Å². The van der Waals surface area contributed by atoms with E-state index in [1.165, 1.54) is 28.8 Å². The third-order valence-electron chi connectivity index (χ3n) is 4.93. The van der Waals surface area contributed by atoms with Crippen molar-refractivity contribution in [3.8, 4) is 11.5 Å². The van der Waals surface area contributed by atoms with E-state index in [1.807, 2.05) is 0 Å². The predicted octanol–water partition coefficient (Wildman–Crippen LogP) is 4.11. The molecule has 1 aliphatic carbocycles. The lowest BCUT2D eigenvalue weighted by molar-refractivity contribution is -0.384. The van der Waals surface area contributed by atoms with Crippen molar-refractivity contribution in [1.82, 2.24) is 20.2 Å². The first-order chi connectivity index (χ1) is 14.6. The van der Waals surface area contributed by atoms with Crippen molar-refractivity contribution in [3.63, 3.8) is 0 Å². The third kappa shape index (κ3) is 3.50. The Bertz CT molecular complexity index is 1310.